The summed E-state index contributed by atoms with van der Waals surface area (Å²) in [6, 6.07) is 8.39. The van der Waals surface area contributed by atoms with Crippen LogP contribution < -0.4 is 4.74 Å². The van der Waals surface area contributed by atoms with Crippen LogP contribution in [0.25, 0.3) is 0 Å². The number of benzene rings is 1. The zero-order valence-corrected chi connectivity index (χ0v) is 15.9. The molecule has 5 heteroatoms. The van der Waals surface area contributed by atoms with Gasteiger partial charge in [-0.05, 0) is 43.4 Å². The van der Waals surface area contributed by atoms with Crippen molar-refractivity contribution in [3.8, 4) is 5.75 Å². The van der Waals surface area contributed by atoms with Crippen molar-refractivity contribution >= 4 is 0 Å². The molecule has 5 nitrogen and oxygen atoms in total. The maximum absolute atomic E-state index is 6.03. The third-order valence-corrected chi connectivity index (χ3v) is 5.39. The van der Waals surface area contributed by atoms with E-state index in [1.165, 1.54) is 29.7 Å². The van der Waals surface area contributed by atoms with Gasteiger partial charge in [-0.3, -0.25) is 9.58 Å². The van der Waals surface area contributed by atoms with Crippen LogP contribution >= 0.6 is 0 Å². The van der Waals surface area contributed by atoms with Gasteiger partial charge in [0.05, 0.1) is 19.4 Å². The highest BCUT2D eigenvalue weighted by Crippen LogP contribution is 2.31. The average Bonchev–Trinajstić information content (AvgIpc) is 3.39. The number of aryl methyl sites for hydroxylation is 1. The van der Waals surface area contributed by atoms with Gasteiger partial charge in [0.25, 0.3) is 0 Å². The number of aromatic nitrogens is 2. The van der Waals surface area contributed by atoms with E-state index in [9.17, 15) is 0 Å². The molecule has 2 heterocycles. The molecule has 4 rings (SSSR count). The summed E-state index contributed by atoms with van der Waals surface area (Å²) < 4.78 is 13.4. The highest BCUT2D eigenvalue weighted by molar-refractivity contribution is 5.28. The molecule has 2 aliphatic rings. The van der Waals surface area contributed by atoms with Crippen LogP contribution in [0.3, 0.4) is 0 Å². The summed E-state index contributed by atoms with van der Waals surface area (Å²) in [4.78, 5) is 2.51. The number of hydrogen-bond acceptors (Lipinski definition) is 4. The van der Waals surface area contributed by atoms with E-state index in [0.29, 0.717) is 5.92 Å². The molecule has 1 aromatic heterocycles. The maximum Gasteiger partial charge on any atom is 0.118 e. The quantitative estimate of drug-likeness (QED) is 0.727. The van der Waals surface area contributed by atoms with Crippen LogP contribution in [0.5, 0.6) is 5.75 Å². The third-order valence-electron chi connectivity index (χ3n) is 5.39. The second-order valence-corrected chi connectivity index (χ2v) is 7.59. The number of methoxy groups -OCH3 is 1. The van der Waals surface area contributed by atoms with Gasteiger partial charge in [0.1, 0.15) is 5.75 Å². The maximum atomic E-state index is 6.03. The minimum Gasteiger partial charge on any atom is -0.497 e. The van der Waals surface area contributed by atoms with Gasteiger partial charge in [0.15, 0.2) is 0 Å². The molecule has 1 aromatic carbocycles. The smallest absolute Gasteiger partial charge is 0.118 e. The van der Waals surface area contributed by atoms with E-state index in [1.807, 2.05) is 12.1 Å². The van der Waals surface area contributed by atoms with Crippen LogP contribution in [-0.4, -0.2) is 41.5 Å². The first kappa shape index (κ1) is 17.6. The van der Waals surface area contributed by atoms with Crippen LogP contribution in [0.15, 0.2) is 30.5 Å². The largest absolute Gasteiger partial charge is 0.497 e. The summed E-state index contributed by atoms with van der Waals surface area (Å²) in [7, 11) is 1.71. The molecule has 0 spiro atoms. The van der Waals surface area contributed by atoms with Crippen LogP contribution in [0.1, 0.15) is 42.5 Å². The van der Waals surface area contributed by atoms with Crippen molar-refractivity contribution in [2.45, 2.75) is 45.3 Å². The third kappa shape index (κ3) is 4.10. The van der Waals surface area contributed by atoms with Crippen LogP contribution in [0, 0.1) is 5.92 Å². The molecule has 1 saturated carbocycles. The predicted molar refractivity (Wildman–Crippen MR) is 101 cm³/mol. The number of ether oxygens (including phenoxy) is 2. The lowest BCUT2D eigenvalue weighted by atomic mass is 9.97. The average molecular weight is 355 g/mol. The second kappa shape index (κ2) is 7.80. The lowest BCUT2D eigenvalue weighted by Crippen LogP contribution is -2.35. The number of hydrogen-bond donors (Lipinski definition) is 0. The molecule has 26 heavy (non-hydrogen) atoms. The SMILES string of the molecule is CCn1cc2c(n1)[C@H](COCC1CC1)CN(Cc1ccc(OC)cc1)C2. The molecule has 0 saturated heterocycles. The van der Waals surface area contributed by atoms with Crippen LogP contribution in [0.4, 0.5) is 0 Å². The molecule has 1 aliphatic carbocycles. The van der Waals surface area contributed by atoms with Crippen molar-refractivity contribution in [3.05, 3.63) is 47.3 Å². The minimum atomic E-state index is 0.364. The molecule has 0 amide bonds. The first-order chi connectivity index (χ1) is 12.7. The van der Waals surface area contributed by atoms with Gasteiger partial charge in [-0.1, -0.05) is 12.1 Å². The van der Waals surface area contributed by atoms with Gasteiger partial charge in [-0.15, -0.1) is 0 Å². The summed E-state index contributed by atoms with van der Waals surface area (Å²) in [6.45, 7) is 7.67. The molecular weight excluding hydrogens is 326 g/mol. The van der Waals surface area contributed by atoms with E-state index in [0.717, 1.165) is 51.1 Å². The highest BCUT2D eigenvalue weighted by atomic mass is 16.5. The second-order valence-electron chi connectivity index (χ2n) is 7.59. The Morgan fingerprint density at radius 3 is 2.65 bits per heavy atom. The van der Waals surface area contributed by atoms with Gasteiger partial charge < -0.3 is 9.47 Å². The van der Waals surface area contributed by atoms with Crippen molar-refractivity contribution in [1.29, 1.82) is 0 Å². The van der Waals surface area contributed by atoms with Crippen molar-refractivity contribution in [1.82, 2.24) is 14.7 Å². The Morgan fingerprint density at radius 1 is 1.15 bits per heavy atom. The summed E-state index contributed by atoms with van der Waals surface area (Å²) in [5, 5.41) is 4.82. The first-order valence-corrected chi connectivity index (χ1v) is 9.74. The fourth-order valence-corrected chi connectivity index (χ4v) is 3.71. The Labute approximate surface area is 155 Å². The predicted octanol–water partition coefficient (Wildman–Crippen LogP) is 3.44. The van der Waals surface area contributed by atoms with Crippen LogP contribution in [0.2, 0.25) is 0 Å². The fourth-order valence-electron chi connectivity index (χ4n) is 3.71. The lowest BCUT2D eigenvalue weighted by Gasteiger charge is -2.32. The van der Waals surface area contributed by atoms with E-state index >= 15 is 0 Å². The molecule has 2 aromatic rings. The van der Waals surface area contributed by atoms with E-state index < -0.39 is 0 Å². The van der Waals surface area contributed by atoms with Crippen molar-refractivity contribution < 1.29 is 9.47 Å². The monoisotopic (exact) mass is 355 g/mol. The topological polar surface area (TPSA) is 39.5 Å². The molecule has 0 N–H and O–H groups in total. The molecular formula is C21H29N3O2. The minimum absolute atomic E-state index is 0.364. The zero-order valence-electron chi connectivity index (χ0n) is 15.9. The van der Waals surface area contributed by atoms with Gasteiger partial charge in [-0.25, -0.2) is 0 Å². The Morgan fingerprint density at radius 2 is 1.96 bits per heavy atom. The Bertz CT molecular complexity index is 721. The van der Waals surface area contributed by atoms with E-state index in [-0.39, 0.29) is 0 Å². The summed E-state index contributed by atoms with van der Waals surface area (Å²) >= 11 is 0. The Balaban J connectivity index is 1.45. The summed E-state index contributed by atoms with van der Waals surface area (Å²) in [5.74, 6) is 2.08. The molecule has 0 radical (unpaired) electrons. The molecule has 0 bridgehead atoms. The standard InChI is InChI=1S/C21H29N3O2/c1-3-24-13-18-11-23(10-16-6-8-20(25-2)9-7-16)12-19(21(18)22-24)15-26-14-17-4-5-17/h6-9,13,17,19H,3-5,10-12,14-15H2,1-2H3/t19-/m0/s1. The van der Waals surface area contributed by atoms with Gasteiger partial charge in [0.2, 0.25) is 0 Å². The molecule has 0 unspecified atom stereocenters. The Kier molecular flexibility index (Phi) is 5.27. The number of nitrogens with zero attached hydrogens (tertiary/aromatic N) is 3. The summed E-state index contributed by atoms with van der Waals surface area (Å²) in [5.41, 5.74) is 3.91. The van der Waals surface area contributed by atoms with E-state index in [2.05, 4.69) is 34.8 Å². The molecule has 1 atom stereocenters. The highest BCUT2D eigenvalue weighted by Gasteiger charge is 2.29. The number of fused-ring (bicyclic) bond motifs is 1. The van der Waals surface area contributed by atoms with Crippen molar-refractivity contribution in [2.24, 2.45) is 5.92 Å². The van der Waals surface area contributed by atoms with Gasteiger partial charge >= 0.3 is 0 Å². The van der Waals surface area contributed by atoms with E-state index in [1.54, 1.807) is 7.11 Å². The Hall–Kier alpha value is -1.85. The fraction of sp³-hybridized carbons (Fsp3) is 0.571. The molecule has 140 valence electrons. The zero-order chi connectivity index (χ0) is 17.9. The van der Waals surface area contributed by atoms with Crippen molar-refractivity contribution in [3.63, 3.8) is 0 Å². The van der Waals surface area contributed by atoms with Gasteiger partial charge in [0, 0.05) is 50.5 Å². The molecule has 1 aliphatic heterocycles. The number of rotatable bonds is 8. The first-order valence-electron chi connectivity index (χ1n) is 9.74. The lowest BCUT2D eigenvalue weighted by molar-refractivity contribution is 0.0881. The van der Waals surface area contributed by atoms with Crippen molar-refractivity contribution in [2.75, 3.05) is 26.9 Å². The van der Waals surface area contributed by atoms with Gasteiger partial charge in [-0.2, -0.15) is 5.10 Å². The normalized spacial score (nSPS) is 20.2. The molecule has 1 fully saturated rings. The van der Waals surface area contributed by atoms with Crippen LogP contribution in [-0.2, 0) is 24.4 Å². The van der Waals surface area contributed by atoms with E-state index in [4.69, 9.17) is 14.6 Å². The summed E-state index contributed by atoms with van der Waals surface area (Å²) in [6.07, 6.45) is 4.89.